The average Bonchev–Trinajstić information content (AvgIpc) is 2.26. The molecule has 5 heteroatoms. The van der Waals surface area contributed by atoms with Gasteiger partial charge in [-0.3, -0.25) is 4.79 Å². The van der Waals surface area contributed by atoms with E-state index in [1.807, 2.05) is 6.07 Å². The van der Waals surface area contributed by atoms with Crippen LogP contribution in [0, 0.1) is 0 Å². The van der Waals surface area contributed by atoms with E-state index in [-0.39, 0.29) is 0 Å². The molecule has 0 unspecified atom stereocenters. The van der Waals surface area contributed by atoms with Crippen molar-refractivity contribution < 1.29 is 9.53 Å². The third-order valence-electron chi connectivity index (χ3n) is 2.43. The molecule has 0 atom stereocenters. The number of pyridine rings is 1. The first-order valence-electron chi connectivity index (χ1n) is 5.83. The van der Waals surface area contributed by atoms with Crippen LogP contribution in [0.4, 0.5) is 4.79 Å². The van der Waals surface area contributed by atoms with Gasteiger partial charge in [-0.25, -0.2) is 9.36 Å². The highest BCUT2D eigenvalue weighted by Crippen LogP contribution is 2.19. The number of carbonyl (C=O) groups is 1. The lowest BCUT2D eigenvalue weighted by Gasteiger charge is -2.20. The van der Waals surface area contributed by atoms with Crippen molar-refractivity contribution in [3.63, 3.8) is 0 Å². The summed E-state index contributed by atoms with van der Waals surface area (Å²) in [6, 6.07) is 8.38. The van der Waals surface area contributed by atoms with Crippen LogP contribution in [0.5, 0.6) is 0 Å². The van der Waals surface area contributed by atoms with Gasteiger partial charge < -0.3 is 4.74 Å². The van der Waals surface area contributed by atoms with E-state index >= 15 is 0 Å². The Morgan fingerprint density at radius 1 is 1.21 bits per heavy atom. The molecule has 0 spiro atoms. The molecule has 2 rings (SSSR count). The maximum atomic E-state index is 12.1. The molecule has 0 fully saturated rings. The minimum Gasteiger partial charge on any atom is -0.443 e. The zero-order valence-corrected chi connectivity index (χ0v) is 12.5. The van der Waals surface area contributed by atoms with Gasteiger partial charge in [0.2, 0.25) is 0 Å². The number of fused-ring (bicyclic) bond motifs is 1. The summed E-state index contributed by atoms with van der Waals surface area (Å²) in [7, 11) is 0. The van der Waals surface area contributed by atoms with Crippen LogP contribution in [0.15, 0.2) is 39.6 Å². The second kappa shape index (κ2) is 4.81. The second-order valence-electron chi connectivity index (χ2n) is 5.19. The lowest BCUT2D eigenvalue weighted by molar-refractivity contribution is 0.0538. The van der Waals surface area contributed by atoms with Gasteiger partial charge in [0.15, 0.2) is 0 Å². The zero-order valence-electron chi connectivity index (χ0n) is 10.9. The van der Waals surface area contributed by atoms with Gasteiger partial charge in [-0.05, 0) is 45.0 Å². The Labute approximate surface area is 119 Å². The number of ether oxygens (including phenoxy) is 1. The van der Waals surface area contributed by atoms with Gasteiger partial charge in [-0.1, -0.05) is 15.9 Å². The van der Waals surface area contributed by atoms with Crippen LogP contribution >= 0.6 is 15.9 Å². The summed E-state index contributed by atoms with van der Waals surface area (Å²) in [6.45, 7) is 5.28. The largest absolute Gasteiger partial charge is 0.443 e. The first-order valence-corrected chi connectivity index (χ1v) is 6.62. The molecule has 0 aliphatic carbocycles. The molecular formula is C14H14BrNO3. The molecule has 0 aliphatic heterocycles. The average molecular weight is 324 g/mol. The quantitative estimate of drug-likeness (QED) is 0.745. The molecule has 1 aromatic heterocycles. The van der Waals surface area contributed by atoms with Crippen molar-refractivity contribution in [2.75, 3.05) is 0 Å². The van der Waals surface area contributed by atoms with Crippen LogP contribution in [0.25, 0.3) is 10.9 Å². The number of nitrogens with zero attached hydrogens (tertiary/aromatic N) is 1. The van der Waals surface area contributed by atoms with Crippen molar-refractivity contribution in [3.8, 4) is 0 Å². The van der Waals surface area contributed by atoms with Gasteiger partial charge in [0.05, 0.1) is 5.52 Å². The summed E-state index contributed by atoms with van der Waals surface area (Å²) in [4.78, 5) is 24.0. The van der Waals surface area contributed by atoms with E-state index in [9.17, 15) is 9.59 Å². The molecule has 1 aromatic carbocycles. The van der Waals surface area contributed by atoms with Gasteiger partial charge in [0.1, 0.15) is 5.60 Å². The van der Waals surface area contributed by atoms with Crippen molar-refractivity contribution in [2.45, 2.75) is 26.4 Å². The van der Waals surface area contributed by atoms with Crippen LogP contribution in [-0.4, -0.2) is 16.3 Å². The third kappa shape index (κ3) is 3.04. The molecule has 1 heterocycles. The van der Waals surface area contributed by atoms with E-state index in [1.54, 1.807) is 39.0 Å². The van der Waals surface area contributed by atoms with Crippen LogP contribution in [0.2, 0.25) is 0 Å². The Kier molecular flexibility index (Phi) is 3.49. The van der Waals surface area contributed by atoms with Crippen molar-refractivity contribution in [1.29, 1.82) is 0 Å². The second-order valence-corrected chi connectivity index (χ2v) is 6.11. The Morgan fingerprint density at radius 3 is 2.53 bits per heavy atom. The highest BCUT2D eigenvalue weighted by molar-refractivity contribution is 9.10. The zero-order chi connectivity index (χ0) is 14.2. The maximum absolute atomic E-state index is 12.1. The first kappa shape index (κ1) is 13.8. The number of carbonyl (C=O) groups excluding carboxylic acids is 1. The fraction of sp³-hybridized carbons (Fsp3) is 0.286. The summed E-state index contributed by atoms with van der Waals surface area (Å²) in [5, 5.41) is 0.792. The van der Waals surface area contributed by atoms with Gasteiger partial charge in [0.25, 0.3) is 5.56 Å². The Morgan fingerprint density at radius 2 is 1.89 bits per heavy atom. The molecule has 0 aliphatic rings. The minimum absolute atomic E-state index is 0.399. The Hall–Kier alpha value is -1.62. The number of aromatic nitrogens is 1. The van der Waals surface area contributed by atoms with E-state index in [2.05, 4.69) is 15.9 Å². The molecule has 19 heavy (non-hydrogen) atoms. The predicted molar refractivity (Wildman–Crippen MR) is 77.5 cm³/mol. The first-order chi connectivity index (χ1) is 8.78. The maximum Gasteiger partial charge on any atom is 0.422 e. The normalized spacial score (nSPS) is 11.6. The highest BCUT2D eigenvalue weighted by Gasteiger charge is 2.20. The number of hydrogen-bond donors (Lipinski definition) is 0. The van der Waals surface area contributed by atoms with Crippen LogP contribution in [0.3, 0.4) is 0 Å². The SMILES string of the molecule is CC(C)(C)OC(=O)n1c(=O)ccc2cc(Br)ccc21. The standard InChI is InChI=1S/C14H14BrNO3/c1-14(2,3)19-13(18)16-11-6-5-10(15)8-9(11)4-7-12(16)17/h4-8H,1-3H3. The van der Waals surface area contributed by atoms with Crippen molar-refractivity contribution >= 4 is 32.9 Å². The molecular weight excluding hydrogens is 310 g/mol. The van der Waals surface area contributed by atoms with Crippen molar-refractivity contribution in [2.24, 2.45) is 0 Å². The summed E-state index contributed by atoms with van der Waals surface area (Å²) >= 11 is 3.36. The van der Waals surface area contributed by atoms with Crippen molar-refractivity contribution in [3.05, 3.63) is 45.2 Å². The van der Waals surface area contributed by atoms with Gasteiger partial charge >= 0.3 is 6.09 Å². The van der Waals surface area contributed by atoms with Gasteiger partial charge in [-0.15, -0.1) is 0 Å². The molecule has 0 radical (unpaired) electrons. The summed E-state index contributed by atoms with van der Waals surface area (Å²) < 4.78 is 7.19. The summed E-state index contributed by atoms with van der Waals surface area (Å²) in [6.07, 6.45) is -0.662. The topological polar surface area (TPSA) is 48.3 Å². The Bertz CT molecular complexity index is 698. The third-order valence-corrected chi connectivity index (χ3v) is 2.93. The van der Waals surface area contributed by atoms with Gasteiger partial charge in [0, 0.05) is 15.9 Å². The lowest BCUT2D eigenvalue weighted by atomic mass is 10.2. The summed E-state index contributed by atoms with van der Waals surface area (Å²) in [5.74, 6) is 0. The van der Waals surface area contributed by atoms with Crippen LogP contribution < -0.4 is 5.56 Å². The number of rotatable bonds is 0. The molecule has 4 nitrogen and oxygen atoms in total. The molecule has 0 amide bonds. The van der Waals surface area contributed by atoms with Crippen LogP contribution in [0.1, 0.15) is 20.8 Å². The smallest absolute Gasteiger partial charge is 0.422 e. The number of hydrogen-bond acceptors (Lipinski definition) is 3. The lowest BCUT2D eigenvalue weighted by Crippen LogP contribution is -2.33. The molecule has 0 saturated carbocycles. The minimum atomic E-state index is -0.662. The summed E-state index contributed by atoms with van der Waals surface area (Å²) in [5.41, 5.74) is -0.511. The highest BCUT2D eigenvalue weighted by atomic mass is 79.9. The number of benzene rings is 1. The molecule has 100 valence electrons. The van der Waals surface area contributed by atoms with Crippen molar-refractivity contribution in [1.82, 2.24) is 4.57 Å². The fourth-order valence-corrected chi connectivity index (χ4v) is 2.09. The monoisotopic (exact) mass is 323 g/mol. The van der Waals surface area contributed by atoms with E-state index < -0.39 is 17.3 Å². The Balaban J connectivity index is 2.62. The molecule has 0 saturated heterocycles. The van der Waals surface area contributed by atoms with Gasteiger partial charge in [-0.2, -0.15) is 0 Å². The fourth-order valence-electron chi connectivity index (χ4n) is 1.71. The van der Waals surface area contributed by atoms with E-state index in [1.165, 1.54) is 6.07 Å². The van der Waals surface area contributed by atoms with E-state index in [0.29, 0.717) is 5.52 Å². The van der Waals surface area contributed by atoms with E-state index in [4.69, 9.17) is 4.74 Å². The molecule has 0 bridgehead atoms. The molecule has 0 N–H and O–H groups in total. The predicted octanol–water partition coefficient (Wildman–Crippen LogP) is 3.55. The van der Waals surface area contributed by atoms with E-state index in [0.717, 1.165) is 14.4 Å². The van der Waals surface area contributed by atoms with Crippen LogP contribution in [-0.2, 0) is 4.74 Å². The number of halogens is 1. The molecule has 2 aromatic rings.